The van der Waals surface area contributed by atoms with Gasteiger partial charge in [0, 0.05) is 24.4 Å². The predicted octanol–water partition coefficient (Wildman–Crippen LogP) is 3.42. The minimum Gasteiger partial charge on any atom is -0.469 e. The molecule has 0 saturated heterocycles. The highest BCUT2D eigenvalue weighted by Gasteiger charge is 2.28. The number of carbonyl (C=O) groups excluding carboxylic acids is 1. The third kappa shape index (κ3) is 3.08. The van der Waals surface area contributed by atoms with Crippen LogP contribution in [-0.2, 0) is 6.42 Å². The molecule has 1 atom stereocenters. The van der Waals surface area contributed by atoms with Crippen LogP contribution >= 0.6 is 11.8 Å². The van der Waals surface area contributed by atoms with Crippen LogP contribution in [0.3, 0.4) is 0 Å². The zero-order chi connectivity index (χ0) is 14.7. The lowest BCUT2D eigenvalue weighted by Crippen LogP contribution is -2.41. The Hall–Kier alpha value is -2.27. The van der Waals surface area contributed by atoms with Gasteiger partial charge in [-0.15, -0.1) is 0 Å². The molecular formula is C15H14ClN3O2. The molecule has 0 saturated carbocycles. The summed E-state index contributed by atoms with van der Waals surface area (Å²) in [5.74, 6) is 1.22. The molecule has 0 bridgehead atoms. The molecule has 1 N–H and O–H groups in total. The summed E-state index contributed by atoms with van der Waals surface area (Å²) in [5, 5.41) is 2.63. The fourth-order valence-electron chi connectivity index (χ4n) is 2.20. The zero-order valence-electron chi connectivity index (χ0n) is 11.2. The van der Waals surface area contributed by atoms with E-state index in [0.717, 1.165) is 22.2 Å². The summed E-state index contributed by atoms with van der Waals surface area (Å²) >= 11 is 6.10. The van der Waals surface area contributed by atoms with Gasteiger partial charge in [0.15, 0.2) is 6.23 Å². The van der Waals surface area contributed by atoms with E-state index in [1.165, 1.54) is 0 Å². The second-order valence-electron chi connectivity index (χ2n) is 4.68. The molecule has 5 nitrogen and oxygen atoms in total. The Kier molecular flexibility index (Phi) is 3.92. The Balaban J connectivity index is 1.66. The van der Waals surface area contributed by atoms with E-state index in [9.17, 15) is 4.79 Å². The molecule has 2 amide bonds. The largest absolute Gasteiger partial charge is 0.469 e. The van der Waals surface area contributed by atoms with Crippen LogP contribution in [0.1, 0.15) is 12.0 Å². The van der Waals surface area contributed by atoms with Crippen molar-refractivity contribution in [3.05, 3.63) is 54.2 Å². The second-order valence-corrected chi connectivity index (χ2v) is 5.04. The van der Waals surface area contributed by atoms with Crippen LogP contribution in [0.15, 0.2) is 48.7 Å². The van der Waals surface area contributed by atoms with Crippen LogP contribution in [0.4, 0.5) is 10.6 Å². The van der Waals surface area contributed by atoms with Gasteiger partial charge in [-0.2, -0.15) is 4.42 Å². The van der Waals surface area contributed by atoms with Gasteiger partial charge in [-0.05, 0) is 30.2 Å². The molecule has 1 aliphatic rings. The molecule has 6 heteroatoms. The van der Waals surface area contributed by atoms with Gasteiger partial charge in [-0.3, -0.25) is 5.32 Å². The first-order chi connectivity index (χ1) is 10.2. The summed E-state index contributed by atoms with van der Waals surface area (Å²) in [7, 11) is 0. The van der Waals surface area contributed by atoms with Gasteiger partial charge in [0.1, 0.15) is 11.6 Å². The molecule has 3 rings (SSSR count). The predicted molar refractivity (Wildman–Crippen MR) is 80.1 cm³/mol. The van der Waals surface area contributed by atoms with Gasteiger partial charge in [0.25, 0.3) is 0 Å². The SMILES string of the molecule is O=C(Nc1ccccn1)N(Cl)C1CCc2ccccc2O1. The lowest BCUT2D eigenvalue weighted by Gasteiger charge is -2.30. The summed E-state index contributed by atoms with van der Waals surface area (Å²) in [6, 6.07) is 12.5. The number of carbonyl (C=O) groups is 1. The number of anilines is 1. The average Bonchev–Trinajstić information content (AvgIpc) is 2.54. The molecule has 0 fully saturated rings. The minimum absolute atomic E-state index is 0.448. The van der Waals surface area contributed by atoms with Gasteiger partial charge in [-0.1, -0.05) is 24.3 Å². The Morgan fingerprint density at radius 2 is 2.10 bits per heavy atom. The number of hydrogen-bond donors (Lipinski definition) is 1. The van der Waals surface area contributed by atoms with Crippen molar-refractivity contribution in [2.24, 2.45) is 0 Å². The third-order valence-electron chi connectivity index (χ3n) is 3.24. The monoisotopic (exact) mass is 303 g/mol. The van der Waals surface area contributed by atoms with Crippen molar-refractivity contribution >= 4 is 23.6 Å². The van der Waals surface area contributed by atoms with Gasteiger partial charge in [0.05, 0.1) is 0 Å². The number of urea groups is 1. The van der Waals surface area contributed by atoms with Gasteiger partial charge in [-0.25, -0.2) is 9.78 Å². The number of benzene rings is 1. The van der Waals surface area contributed by atoms with E-state index in [-0.39, 0.29) is 0 Å². The maximum absolute atomic E-state index is 12.1. The fraction of sp³-hybridized carbons (Fsp3) is 0.200. The average molecular weight is 304 g/mol. The van der Waals surface area contributed by atoms with Crippen molar-refractivity contribution in [1.29, 1.82) is 0 Å². The molecule has 2 heterocycles. The highest BCUT2D eigenvalue weighted by atomic mass is 35.5. The van der Waals surface area contributed by atoms with E-state index in [1.807, 2.05) is 24.3 Å². The number of aromatic nitrogens is 1. The number of aryl methyl sites for hydroxylation is 1. The highest BCUT2D eigenvalue weighted by Crippen LogP contribution is 2.29. The van der Waals surface area contributed by atoms with E-state index in [1.54, 1.807) is 24.4 Å². The summed E-state index contributed by atoms with van der Waals surface area (Å²) in [6.07, 6.45) is 2.57. The summed E-state index contributed by atoms with van der Waals surface area (Å²) in [4.78, 5) is 16.1. The van der Waals surface area contributed by atoms with E-state index < -0.39 is 12.3 Å². The van der Waals surface area contributed by atoms with Gasteiger partial charge >= 0.3 is 6.03 Å². The number of nitrogens with one attached hydrogen (secondary N) is 1. The smallest absolute Gasteiger partial charge is 0.340 e. The van der Waals surface area contributed by atoms with Crippen molar-refractivity contribution in [1.82, 2.24) is 9.40 Å². The zero-order valence-corrected chi connectivity index (χ0v) is 12.0. The molecule has 0 spiro atoms. The number of amides is 2. The van der Waals surface area contributed by atoms with Crippen molar-refractivity contribution in [2.45, 2.75) is 19.1 Å². The van der Waals surface area contributed by atoms with Gasteiger partial charge in [0.2, 0.25) is 0 Å². The maximum Gasteiger partial charge on any atom is 0.340 e. The van der Waals surface area contributed by atoms with Crippen LogP contribution < -0.4 is 10.1 Å². The van der Waals surface area contributed by atoms with E-state index in [4.69, 9.17) is 16.5 Å². The maximum atomic E-state index is 12.1. The lowest BCUT2D eigenvalue weighted by molar-refractivity contribution is 0.0889. The standard InChI is InChI=1S/C15H14ClN3O2/c16-19(15(20)18-13-7-3-4-10-17-13)14-9-8-11-5-1-2-6-12(11)21-14/h1-7,10,14H,8-9H2,(H,17,18,20). The number of rotatable bonds is 2. The van der Waals surface area contributed by atoms with Crippen LogP contribution in [0.5, 0.6) is 5.75 Å². The fourth-order valence-corrected chi connectivity index (χ4v) is 2.38. The Labute approximate surface area is 127 Å². The number of ether oxygens (including phenoxy) is 1. The Morgan fingerprint density at radius 3 is 2.90 bits per heavy atom. The van der Waals surface area contributed by atoms with Crippen LogP contribution in [0, 0.1) is 0 Å². The van der Waals surface area contributed by atoms with Gasteiger partial charge < -0.3 is 4.74 Å². The Morgan fingerprint density at radius 1 is 1.29 bits per heavy atom. The number of halogens is 1. The Bertz CT molecular complexity index is 636. The number of hydrogen-bond acceptors (Lipinski definition) is 3. The van der Waals surface area contributed by atoms with Crippen LogP contribution in [-0.4, -0.2) is 21.7 Å². The summed E-state index contributed by atoms with van der Waals surface area (Å²) < 4.78 is 6.81. The molecule has 108 valence electrons. The number of pyridine rings is 1. The topological polar surface area (TPSA) is 54.5 Å². The molecule has 1 aliphatic heterocycles. The number of nitrogens with zero attached hydrogens (tertiary/aromatic N) is 2. The van der Waals surface area contributed by atoms with E-state index >= 15 is 0 Å². The molecule has 1 unspecified atom stereocenters. The summed E-state index contributed by atoms with van der Waals surface area (Å²) in [6.45, 7) is 0. The van der Waals surface area contributed by atoms with Crippen molar-refractivity contribution in [3.63, 3.8) is 0 Å². The van der Waals surface area contributed by atoms with Crippen molar-refractivity contribution in [3.8, 4) is 5.75 Å². The molecule has 21 heavy (non-hydrogen) atoms. The lowest BCUT2D eigenvalue weighted by atomic mass is 10.1. The first-order valence-electron chi connectivity index (χ1n) is 6.65. The number of para-hydroxylation sites is 1. The third-order valence-corrected chi connectivity index (χ3v) is 3.61. The second kappa shape index (κ2) is 6.01. The van der Waals surface area contributed by atoms with Crippen LogP contribution in [0.2, 0.25) is 0 Å². The molecule has 1 aromatic carbocycles. The normalized spacial score (nSPS) is 16.5. The number of fused-ring (bicyclic) bond motifs is 1. The molecule has 2 aromatic rings. The first kappa shape index (κ1) is 13.7. The molecule has 1 aromatic heterocycles. The highest BCUT2D eigenvalue weighted by molar-refractivity contribution is 6.22. The minimum atomic E-state index is -0.495. The van der Waals surface area contributed by atoms with Crippen molar-refractivity contribution < 1.29 is 9.53 Å². The van der Waals surface area contributed by atoms with Crippen molar-refractivity contribution in [2.75, 3.05) is 5.32 Å². The quantitative estimate of drug-likeness (QED) is 0.865. The molecule has 0 aliphatic carbocycles. The molecular weight excluding hydrogens is 290 g/mol. The molecule has 0 radical (unpaired) electrons. The summed E-state index contributed by atoms with van der Waals surface area (Å²) in [5.41, 5.74) is 1.13. The van der Waals surface area contributed by atoms with E-state index in [0.29, 0.717) is 12.2 Å². The van der Waals surface area contributed by atoms with Crippen LogP contribution in [0.25, 0.3) is 0 Å². The first-order valence-corrected chi connectivity index (χ1v) is 6.99. The van der Waals surface area contributed by atoms with E-state index in [2.05, 4.69) is 10.3 Å².